The minimum atomic E-state index is -1.20. The van der Waals surface area contributed by atoms with E-state index in [1.807, 2.05) is 0 Å². The van der Waals surface area contributed by atoms with E-state index in [-0.39, 0.29) is 81.4 Å². The van der Waals surface area contributed by atoms with E-state index in [2.05, 4.69) is 21.3 Å². The zero-order valence-electron chi connectivity index (χ0n) is 34.4. The van der Waals surface area contributed by atoms with Crippen LogP contribution in [0, 0.1) is 0 Å². The number of unbranched alkanes of at least 4 members (excludes halogenated alkanes) is 9. The summed E-state index contributed by atoms with van der Waals surface area (Å²) in [4.78, 5) is 81.6. The van der Waals surface area contributed by atoms with Gasteiger partial charge in [-0.3, -0.25) is 19.2 Å². The van der Waals surface area contributed by atoms with Crippen molar-refractivity contribution in [2.75, 3.05) is 52.7 Å². The topological polar surface area (TPSA) is 288 Å². The van der Waals surface area contributed by atoms with Crippen LogP contribution < -0.4 is 37.5 Å². The predicted molar refractivity (Wildman–Crippen MR) is 220 cm³/mol. The summed E-state index contributed by atoms with van der Waals surface area (Å²) in [5.41, 5.74) is 11.7. The number of carboxylic acid groups (broad SMARTS) is 2. The van der Waals surface area contributed by atoms with Gasteiger partial charge in [0.2, 0.25) is 23.6 Å². The van der Waals surface area contributed by atoms with Gasteiger partial charge in [-0.15, -0.1) is 0 Å². The number of carboxylic acids is 2. The van der Waals surface area contributed by atoms with Crippen molar-refractivity contribution < 1.29 is 58.0 Å². The molecule has 0 bridgehead atoms. The first-order chi connectivity index (χ1) is 28.4. The number of hydrogen-bond acceptors (Lipinski definition) is 12. The van der Waals surface area contributed by atoms with Crippen LogP contribution in [0.5, 0.6) is 5.75 Å². The molecule has 0 heterocycles. The SMILES string of the molecule is N[C@H](C=O)CCCCNC(=O)[C@@H](N)CCCCNC(=O)COCCOCCNC(=O)CC[C@H](NC(=O)CCCCCCCCCCOc1ccc(C(=O)O)cc1)C(=O)O. The number of aliphatic carboxylic acids is 1. The summed E-state index contributed by atoms with van der Waals surface area (Å²) in [5.74, 6) is -2.76. The number of carbonyl (C=O) groups is 7. The van der Waals surface area contributed by atoms with Gasteiger partial charge in [0.15, 0.2) is 0 Å². The summed E-state index contributed by atoms with van der Waals surface area (Å²) in [6.45, 7) is 2.09. The van der Waals surface area contributed by atoms with Gasteiger partial charge in [-0.05, 0) is 82.1 Å². The van der Waals surface area contributed by atoms with E-state index >= 15 is 0 Å². The van der Waals surface area contributed by atoms with Crippen LogP contribution in [-0.2, 0) is 38.2 Å². The third kappa shape index (κ3) is 29.2. The largest absolute Gasteiger partial charge is 0.494 e. The molecular weight excluding hydrogens is 768 g/mol. The minimum Gasteiger partial charge on any atom is -0.494 e. The fraction of sp³-hybridized carbons (Fsp3) is 0.683. The maximum Gasteiger partial charge on any atom is 0.335 e. The van der Waals surface area contributed by atoms with Crippen molar-refractivity contribution in [3.05, 3.63) is 29.8 Å². The molecule has 0 unspecified atom stereocenters. The van der Waals surface area contributed by atoms with Crippen LogP contribution in [0.15, 0.2) is 24.3 Å². The Kier molecular flexibility index (Phi) is 30.4. The molecule has 1 aromatic rings. The van der Waals surface area contributed by atoms with Gasteiger partial charge < -0.3 is 62.0 Å². The molecule has 0 spiro atoms. The molecule has 59 heavy (non-hydrogen) atoms. The number of rotatable bonds is 38. The Labute approximate surface area is 347 Å². The average molecular weight is 837 g/mol. The molecule has 334 valence electrons. The number of benzene rings is 1. The second-order valence-corrected chi connectivity index (χ2v) is 14.3. The standard InChI is InChI=1S/C41H68N6O12/c42-32(29-48)13-8-10-23-46-39(52)34(43)14-9-11-22-44-38(51)30-58-28-27-57-26-24-45-36(49)21-20-35(41(55)56)47-37(50)15-7-5-3-1-2-4-6-12-25-59-33-18-16-31(17-19-33)40(53)54/h16-19,29,32,34-35H,1-15,20-28,30,42-43H2,(H,44,51)(H,45,49)(H,46,52)(H,47,50)(H,53,54)(H,55,56)/t32-,34-,35-/m0/s1. The molecule has 1 rings (SSSR count). The summed E-state index contributed by atoms with van der Waals surface area (Å²) in [7, 11) is 0. The van der Waals surface area contributed by atoms with Crippen LogP contribution in [0.1, 0.15) is 120 Å². The van der Waals surface area contributed by atoms with Crippen LogP contribution >= 0.6 is 0 Å². The molecule has 0 fully saturated rings. The average Bonchev–Trinajstić information content (AvgIpc) is 3.21. The Morgan fingerprint density at radius 3 is 1.88 bits per heavy atom. The number of carbonyl (C=O) groups excluding carboxylic acids is 5. The van der Waals surface area contributed by atoms with E-state index in [9.17, 15) is 38.7 Å². The van der Waals surface area contributed by atoms with E-state index in [4.69, 9.17) is 30.8 Å². The Morgan fingerprint density at radius 2 is 1.22 bits per heavy atom. The van der Waals surface area contributed by atoms with E-state index in [1.54, 1.807) is 12.1 Å². The van der Waals surface area contributed by atoms with E-state index in [1.165, 1.54) is 12.1 Å². The molecule has 0 aliphatic rings. The van der Waals surface area contributed by atoms with Crippen LogP contribution in [-0.4, -0.2) is 123 Å². The Balaban J connectivity index is 1.97. The highest BCUT2D eigenvalue weighted by Crippen LogP contribution is 2.14. The molecule has 0 saturated carbocycles. The molecule has 0 aliphatic carbocycles. The first kappa shape index (κ1) is 52.4. The Morgan fingerprint density at radius 1 is 0.610 bits per heavy atom. The molecule has 1 aromatic carbocycles. The molecule has 18 nitrogen and oxygen atoms in total. The summed E-state index contributed by atoms with van der Waals surface area (Å²) in [6.07, 6.45) is 12.2. The van der Waals surface area contributed by atoms with Gasteiger partial charge in [0.25, 0.3) is 0 Å². The molecular formula is C41H68N6O12. The maximum absolute atomic E-state index is 12.3. The highest BCUT2D eigenvalue weighted by molar-refractivity contribution is 5.87. The maximum atomic E-state index is 12.3. The van der Waals surface area contributed by atoms with Gasteiger partial charge in [0, 0.05) is 32.5 Å². The molecule has 0 saturated heterocycles. The first-order valence-corrected chi connectivity index (χ1v) is 20.8. The monoisotopic (exact) mass is 836 g/mol. The van der Waals surface area contributed by atoms with Crippen molar-refractivity contribution in [2.24, 2.45) is 11.5 Å². The lowest BCUT2D eigenvalue weighted by Gasteiger charge is -2.14. The van der Waals surface area contributed by atoms with Crippen LogP contribution in [0.4, 0.5) is 0 Å². The van der Waals surface area contributed by atoms with Gasteiger partial charge in [-0.1, -0.05) is 38.5 Å². The van der Waals surface area contributed by atoms with Crippen molar-refractivity contribution in [3.8, 4) is 5.75 Å². The first-order valence-electron chi connectivity index (χ1n) is 20.8. The third-order valence-corrected chi connectivity index (χ3v) is 9.17. The Bertz CT molecular complexity index is 1370. The fourth-order valence-electron chi connectivity index (χ4n) is 5.68. The number of aromatic carboxylic acids is 1. The minimum absolute atomic E-state index is 0.0431. The number of aldehydes is 1. The van der Waals surface area contributed by atoms with Gasteiger partial charge in [-0.25, -0.2) is 9.59 Å². The molecule has 10 N–H and O–H groups in total. The summed E-state index contributed by atoms with van der Waals surface area (Å²) < 4.78 is 16.3. The zero-order valence-corrected chi connectivity index (χ0v) is 34.4. The van der Waals surface area contributed by atoms with Crippen LogP contribution in [0.2, 0.25) is 0 Å². The fourth-order valence-corrected chi connectivity index (χ4v) is 5.68. The normalized spacial score (nSPS) is 12.4. The van der Waals surface area contributed by atoms with E-state index in [0.717, 1.165) is 51.4 Å². The lowest BCUT2D eigenvalue weighted by atomic mass is 10.1. The highest BCUT2D eigenvalue weighted by atomic mass is 16.5. The van der Waals surface area contributed by atoms with Gasteiger partial charge in [-0.2, -0.15) is 0 Å². The summed E-state index contributed by atoms with van der Waals surface area (Å²) in [6, 6.07) is 4.07. The molecule has 18 heteroatoms. The molecule has 0 radical (unpaired) electrons. The number of nitrogens with two attached hydrogens (primary N) is 2. The van der Waals surface area contributed by atoms with Crippen molar-refractivity contribution >= 4 is 41.9 Å². The van der Waals surface area contributed by atoms with Gasteiger partial charge in [0.1, 0.15) is 24.7 Å². The third-order valence-electron chi connectivity index (χ3n) is 9.17. The zero-order chi connectivity index (χ0) is 43.5. The summed E-state index contributed by atoms with van der Waals surface area (Å²) >= 11 is 0. The molecule has 3 atom stereocenters. The quantitative estimate of drug-likeness (QED) is 0.0350. The molecule has 0 aromatic heterocycles. The van der Waals surface area contributed by atoms with Crippen LogP contribution in [0.3, 0.4) is 0 Å². The Hall–Kier alpha value is -4.65. The predicted octanol–water partition coefficient (Wildman–Crippen LogP) is 2.20. The number of nitrogens with one attached hydrogen (secondary N) is 4. The number of hydrogen-bond donors (Lipinski definition) is 8. The molecule has 0 aliphatic heterocycles. The second kappa shape index (κ2) is 34.2. The number of ether oxygens (including phenoxy) is 3. The smallest absolute Gasteiger partial charge is 0.335 e. The lowest BCUT2D eigenvalue weighted by molar-refractivity contribution is -0.142. The van der Waals surface area contributed by atoms with E-state index < -0.39 is 30.1 Å². The van der Waals surface area contributed by atoms with Gasteiger partial charge in [0.05, 0.1) is 44.1 Å². The molecule has 4 amide bonds. The summed E-state index contributed by atoms with van der Waals surface area (Å²) in [5, 5.41) is 29.1. The van der Waals surface area contributed by atoms with Crippen molar-refractivity contribution in [1.29, 1.82) is 0 Å². The second-order valence-electron chi connectivity index (χ2n) is 14.3. The van der Waals surface area contributed by atoms with Crippen LogP contribution in [0.25, 0.3) is 0 Å². The van der Waals surface area contributed by atoms with Crippen molar-refractivity contribution in [2.45, 2.75) is 127 Å². The van der Waals surface area contributed by atoms with Gasteiger partial charge >= 0.3 is 11.9 Å². The lowest BCUT2D eigenvalue weighted by Crippen LogP contribution is -2.41. The van der Waals surface area contributed by atoms with Crippen molar-refractivity contribution in [3.63, 3.8) is 0 Å². The highest BCUT2D eigenvalue weighted by Gasteiger charge is 2.21. The number of amides is 4. The van der Waals surface area contributed by atoms with Crippen molar-refractivity contribution in [1.82, 2.24) is 21.3 Å². The van der Waals surface area contributed by atoms with E-state index in [0.29, 0.717) is 70.3 Å².